The van der Waals surface area contributed by atoms with Crippen LogP contribution in [0.15, 0.2) is 6.07 Å². The van der Waals surface area contributed by atoms with Gasteiger partial charge in [0, 0.05) is 5.56 Å². The van der Waals surface area contributed by atoms with Crippen LogP contribution in [0.1, 0.15) is 47.8 Å². The third-order valence-electron chi connectivity index (χ3n) is 2.53. The Hall–Kier alpha value is -1.51. The summed E-state index contributed by atoms with van der Waals surface area (Å²) in [5.41, 5.74) is 2.11. The number of aromatic hydroxyl groups is 1. The van der Waals surface area contributed by atoms with Gasteiger partial charge in [-0.05, 0) is 52.7 Å². The number of aryl methyl sites for hydroxylation is 2. The highest BCUT2D eigenvalue weighted by molar-refractivity contribution is 5.94. The van der Waals surface area contributed by atoms with Crippen LogP contribution in [0.4, 0.5) is 0 Å². The number of carbonyl (C=O) groups is 1. The number of hydrogen-bond acceptors (Lipinski definition) is 3. The van der Waals surface area contributed by atoms with E-state index in [0.29, 0.717) is 11.1 Å². The highest BCUT2D eigenvalue weighted by atomic mass is 16.6. The average Bonchev–Trinajstić information content (AvgIpc) is 2.11. The molecule has 0 amide bonds. The first-order valence-electron chi connectivity index (χ1n) is 5.66. The van der Waals surface area contributed by atoms with E-state index in [1.807, 2.05) is 34.6 Å². The van der Waals surface area contributed by atoms with Crippen molar-refractivity contribution < 1.29 is 14.6 Å². The summed E-state index contributed by atoms with van der Waals surface area (Å²) in [4.78, 5) is 12.0. The summed E-state index contributed by atoms with van der Waals surface area (Å²) in [7, 11) is 0. The van der Waals surface area contributed by atoms with Crippen molar-refractivity contribution in [3.8, 4) is 5.75 Å². The Labute approximate surface area is 102 Å². The molecule has 0 bridgehead atoms. The number of phenols is 1. The molecule has 0 saturated carbocycles. The molecule has 0 saturated heterocycles. The summed E-state index contributed by atoms with van der Waals surface area (Å²) in [6.45, 7) is 10.9. The molecule has 0 radical (unpaired) electrons. The van der Waals surface area contributed by atoms with Crippen molar-refractivity contribution in [2.75, 3.05) is 0 Å². The van der Waals surface area contributed by atoms with Gasteiger partial charge < -0.3 is 9.84 Å². The molecule has 0 aromatic heterocycles. The van der Waals surface area contributed by atoms with E-state index in [1.54, 1.807) is 13.0 Å². The van der Waals surface area contributed by atoms with Crippen LogP contribution in [0.25, 0.3) is 0 Å². The fourth-order valence-corrected chi connectivity index (χ4v) is 1.82. The Morgan fingerprint density at radius 3 is 2.18 bits per heavy atom. The Balaban J connectivity index is 3.24. The van der Waals surface area contributed by atoms with E-state index >= 15 is 0 Å². The molecule has 1 rings (SSSR count). The van der Waals surface area contributed by atoms with Gasteiger partial charge >= 0.3 is 5.97 Å². The molecule has 0 spiro atoms. The fraction of sp³-hybridized carbons (Fsp3) is 0.500. The second-order valence-corrected chi connectivity index (χ2v) is 5.36. The molecule has 1 aromatic carbocycles. The van der Waals surface area contributed by atoms with E-state index in [4.69, 9.17) is 4.74 Å². The molecule has 0 fully saturated rings. The molecule has 1 N–H and O–H groups in total. The Kier molecular flexibility index (Phi) is 3.51. The number of rotatable bonds is 1. The number of hydrogen-bond donors (Lipinski definition) is 1. The van der Waals surface area contributed by atoms with Crippen LogP contribution in [0.5, 0.6) is 5.75 Å². The molecular formula is C14H20O3. The molecule has 0 unspecified atom stereocenters. The number of carbonyl (C=O) groups excluding carboxylic acids is 1. The summed E-state index contributed by atoms with van der Waals surface area (Å²) < 4.78 is 5.33. The van der Waals surface area contributed by atoms with Crippen LogP contribution in [-0.2, 0) is 4.74 Å². The van der Waals surface area contributed by atoms with Gasteiger partial charge in [-0.25, -0.2) is 4.79 Å². The van der Waals surface area contributed by atoms with E-state index in [-0.39, 0.29) is 11.7 Å². The third-order valence-corrected chi connectivity index (χ3v) is 2.53. The first-order chi connectivity index (χ1) is 7.63. The Bertz CT molecular complexity index is 454. The van der Waals surface area contributed by atoms with Crippen molar-refractivity contribution in [1.82, 2.24) is 0 Å². The van der Waals surface area contributed by atoms with Crippen molar-refractivity contribution >= 4 is 5.97 Å². The topological polar surface area (TPSA) is 46.5 Å². The highest BCUT2D eigenvalue weighted by Crippen LogP contribution is 2.29. The summed E-state index contributed by atoms with van der Waals surface area (Å²) in [5, 5.41) is 9.85. The molecule has 17 heavy (non-hydrogen) atoms. The summed E-state index contributed by atoms with van der Waals surface area (Å²) in [6, 6.07) is 1.79. The molecule has 0 atom stereocenters. The van der Waals surface area contributed by atoms with E-state index in [0.717, 1.165) is 11.1 Å². The molecule has 0 aliphatic carbocycles. The van der Waals surface area contributed by atoms with Gasteiger partial charge in [-0.2, -0.15) is 0 Å². The van der Waals surface area contributed by atoms with Crippen LogP contribution >= 0.6 is 0 Å². The monoisotopic (exact) mass is 236 g/mol. The molecule has 0 heterocycles. The van der Waals surface area contributed by atoms with Crippen molar-refractivity contribution in [3.05, 3.63) is 28.3 Å². The van der Waals surface area contributed by atoms with Crippen LogP contribution in [0.2, 0.25) is 0 Å². The van der Waals surface area contributed by atoms with Gasteiger partial charge in [-0.3, -0.25) is 0 Å². The molecule has 0 aliphatic heterocycles. The maximum Gasteiger partial charge on any atom is 0.339 e. The SMILES string of the molecule is Cc1cc(C)c(C(=O)OC(C)(C)C)c(C)c1O. The van der Waals surface area contributed by atoms with Crippen LogP contribution < -0.4 is 0 Å². The first kappa shape index (κ1) is 13.6. The maximum absolute atomic E-state index is 12.0. The van der Waals surface area contributed by atoms with Crippen LogP contribution in [0.3, 0.4) is 0 Å². The molecule has 3 heteroatoms. The molecule has 3 nitrogen and oxygen atoms in total. The van der Waals surface area contributed by atoms with E-state index in [1.165, 1.54) is 0 Å². The predicted octanol–water partition coefficient (Wildman–Crippen LogP) is 3.27. The summed E-state index contributed by atoms with van der Waals surface area (Å²) >= 11 is 0. The quantitative estimate of drug-likeness (QED) is 0.761. The zero-order valence-electron chi connectivity index (χ0n) is 11.3. The first-order valence-corrected chi connectivity index (χ1v) is 5.66. The minimum absolute atomic E-state index is 0.163. The minimum atomic E-state index is -0.531. The van der Waals surface area contributed by atoms with Crippen molar-refractivity contribution in [1.29, 1.82) is 0 Å². The van der Waals surface area contributed by atoms with Crippen molar-refractivity contribution in [2.45, 2.75) is 47.1 Å². The standard InChI is InChI=1S/C14H20O3/c1-8-7-9(2)12(15)10(3)11(8)13(16)17-14(4,5)6/h7,15H,1-6H3. The Morgan fingerprint density at radius 2 is 1.71 bits per heavy atom. The minimum Gasteiger partial charge on any atom is -0.507 e. The smallest absolute Gasteiger partial charge is 0.339 e. The highest BCUT2D eigenvalue weighted by Gasteiger charge is 2.22. The lowest BCUT2D eigenvalue weighted by Gasteiger charge is -2.21. The lowest BCUT2D eigenvalue weighted by molar-refractivity contribution is 0.00675. The van der Waals surface area contributed by atoms with Crippen molar-refractivity contribution in [3.63, 3.8) is 0 Å². The number of benzene rings is 1. The zero-order chi connectivity index (χ0) is 13.4. The van der Waals surface area contributed by atoms with Gasteiger partial charge in [-0.1, -0.05) is 6.07 Å². The van der Waals surface area contributed by atoms with Crippen molar-refractivity contribution in [2.24, 2.45) is 0 Å². The lowest BCUT2D eigenvalue weighted by atomic mass is 9.98. The average molecular weight is 236 g/mol. The van der Waals surface area contributed by atoms with Gasteiger partial charge in [0.15, 0.2) is 0 Å². The van der Waals surface area contributed by atoms with Gasteiger partial charge in [0.2, 0.25) is 0 Å². The van der Waals surface area contributed by atoms with Crippen LogP contribution in [0, 0.1) is 20.8 Å². The van der Waals surface area contributed by atoms with Gasteiger partial charge in [0.05, 0.1) is 5.56 Å². The second-order valence-electron chi connectivity index (χ2n) is 5.36. The normalized spacial score (nSPS) is 11.4. The fourth-order valence-electron chi connectivity index (χ4n) is 1.82. The molecule has 94 valence electrons. The second kappa shape index (κ2) is 4.40. The zero-order valence-corrected chi connectivity index (χ0v) is 11.3. The summed E-state index contributed by atoms with van der Waals surface area (Å²) in [5.74, 6) is -0.223. The number of phenolic OH excluding ortho intramolecular Hbond substituents is 1. The molecular weight excluding hydrogens is 216 g/mol. The van der Waals surface area contributed by atoms with E-state index < -0.39 is 5.60 Å². The maximum atomic E-state index is 12.0. The van der Waals surface area contributed by atoms with Gasteiger partial charge in [0.1, 0.15) is 11.4 Å². The third kappa shape index (κ3) is 2.99. The van der Waals surface area contributed by atoms with Gasteiger partial charge in [0.25, 0.3) is 0 Å². The largest absolute Gasteiger partial charge is 0.507 e. The number of esters is 1. The lowest BCUT2D eigenvalue weighted by Crippen LogP contribution is -2.25. The predicted molar refractivity (Wildman–Crippen MR) is 67.5 cm³/mol. The van der Waals surface area contributed by atoms with Gasteiger partial charge in [-0.15, -0.1) is 0 Å². The van der Waals surface area contributed by atoms with Crippen LogP contribution in [-0.4, -0.2) is 16.7 Å². The summed E-state index contributed by atoms with van der Waals surface area (Å²) in [6.07, 6.45) is 0. The molecule has 1 aromatic rings. The van der Waals surface area contributed by atoms with E-state index in [2.05, 4.69) is 0 Å². The number of ether oxygens (including phenoxy) is 1. The van der Waals surface area contributed by atoms with E-state index in [9.17, 15) is 9.90 Å². The molecule has 0 aliphatic rings. The Morgan fingerprint density at radius 1 is 1.18 bits per heavy atom.